The van der Waals surface area contributed by atoms with Gasteiger partial charge in [-0.1, -0.05) is 0 Å². The summed E-state index contributed by atoms with van der Waals surface area (Å²) in [6.07, 6.45) is 5.97. The Labute approximate surface area is 169 Å². The van der Waals surface area contributed by atoms with E-state index in [0.29, 0.717) is 43.8 Å². The maximum Gasteiger partial charge on any atom is 0.157 e. The van der Waals surface area contributed by atoms with Crippen LogP contribution < -0.4 is 4.90 Å². The van der Waals surface area contributed by atoms with Gasteiger partial charge in [0.2, 0.25) is 0 Å². The molecule has 4 heterocycles. The number of fused-ring (bicyclic) bond motifs is 1. The van der Waals surface area contributed by atoms with E-state index in [0.717, 1.165) is 22.5 Å². The Morgan fingerprint density at radius 3 is 2.76 bits per heavy atom. The lowest BCUT2D eigenvalue weighted by atomic mass is 10.0. The minimum Gasteiger partial charge on any atom is -0.377 e. The highest BCUT2D eigenvalue weighted by Crippen LogP contribution is 2.55. The minimum atomic E-state index is -3.27. The van der Waals surface area contributed by atoms with Crippen molar-refractivity contribution < 1.29 is 13.2 Å². The summed E-state index contributed by atoms with van der Waals surface area (Å²) in [5, 5.41) is 7.82. The second-order valence-corrected chi connectivity index (χ2v) is 10.3. The normalized spacial score (nSPS) is 21.4. The third-order valence-electron chi connectivity index (χ3n) is 6.04. The number of rotatable bonds is 4. The Balaban J connectivity index is 1.80. The largest absolute Gasteiger partial charge is 0.377 e. The van der Waals surface area contributed by atoms with Crippen molar-refractivity contribution in [2.75, 3.05) is 30.9 Å². The van der Waals surface area contributed by atoms with Gasteiger partial charge in [-0.25, -0.2) is 13.4 Å². The van der Waals surface area contributed by atoms with E-state index >= 15 is 0 Å². The molecular weight excluding hydrogens is 390 g/mol. The zero-order valence-corrected chi connectivity index (χ0v) is 17.2. The van der Waals surface area contributed by atoms with Crippen molar-refractivity contribution in [3.05, 3.63) is 36.2 Å². The lowest BCUT2D eigenvalue weighted by molar-refractivity contribution is 0.0985. The van der Waals surface area contributed by atoms with Crippen LogP contribution in [-0.2, 0) is 19.3 Å². The smallest absolute Gasteiger partial charge is 0.157 e. The Hall–Kier alpha value is -2.52. The highest BCUT2D eigenvalue weighted by atomic mass is 32.2. The predicted octanol–water partition coefficient (Wildman–Crippen LogP) is 2.28. The molecule has 5 rings (SSSR count). The number of H-pyrrole nitrogens is 1. The van der Waals surface area contributed by atoms with E-state index in [1.807, 2.05) is 18.2 Å². The van der Waals surface area contributed by atoms with E-state index in [4.69, 9.17) is 9.72 Å². The zero-order chi connectivity index (χ0) is 20.2. The Bertz CT molecular complexity index is 1170. The molecule has 0 aromatic carbocycles. The van der Waals surface area contributed by atoms with E-state index < -0.39 is 14.6 Å². The number of anilines is 1. The minimum absolute atomic E-state index is 0.155. The summed E-state index contributed by atoms with van der Waals surface area (Å²) in [4.78, 5) is 11.7. The van der Waals surface area contributed by atoms with Gasteiger partial charge in [0.25, 0.3) is 0 Å². The van der Waals surface area contributed by atoms with Crippen molar-refractivity contribution in [1.29, 1.82) is 0 Å². The van der Waals surface area contributed by atoms with Crippen LogP contribution in [0.4, 0.5) is 5.82 Å². The molecule has 0 radical (unpaired) electrons. The molecule has 1 aliphatic heterocycles. The standard InChI is InChI=1S/C20H23N5O3S/c1-13-12-28-10-9-25(13)17-11-15(20(5-6-20)29(2,26)27)14-3-7-21-19(18(14)23-17)16-4-8-22-24-16/h3-4,7-8,11,13H,5-6,9-10,12H2,1-2H3,(H,22,24)/t13-/m1/s1. The van der Waals surface area contributed by atoms with Gasteiger partial charge in [-0.15, -0.1) is 0 Å². The van der Waals surface area contributed by atoms with Gasteiger partial charge in [-0.05, 0) is 43.5 Å². The van der Waals surface area contributed by atoms with Gasteiger partial charge in [0.05, 0.1) is 29.7 Å². The fraction of sp³-hybridized carbons (Fsp3) is 0.450. The third-order valence-corrected chi connectivity index (χ3v) is 8.08. The molecule has 3 aromatic rings. The van der Waals surface area contributed by atoms with Crippen LogP contribution in [0.5, 0.6) is 0 Å². The third kappa shape index (κ3) is 2.91. The number of morpholine rings is 1. The number of nitrogens with zero attached hydrogens (tertiary/aromatic N) is 4. The van der Waals surface area contributed by atoms with Crippen LogP contribution in [0, 0.1) is 0 Å². The second kappa shape index (κ2) is 6.50. The molecule has 152 valence electrons. The number of hydrogen-bond acceptors (Lipinski definition) is 7. The Kier molecular flexibility index (Phi) is 4.15. The highest BCUT2D eigenvalue weighted by molar-refractivity contribution is 7.92. The lowest BCUT2D eigenvalue weighted by Crippen LogP contribution is -2.44. The topological polar surface area (TPSA) is 101 Å². The van der Waals surface area contributed by atoms with Gasteiger partial charge >= 0.3 is 0 Å². The summed E-state index contributed by atoms with van der Waals surface area (Å²) < 4.78 is 30.2. The van der Waals surface area contributed by atoms with Crippen molar-refractivity contribution >= 4 is 26.6 Å². The molecule has 1 aliphatic carbocycles. The number of aromatic nitrogens is 4. The lowest BCUT2D eigenvalue weighted by Gasteiger charge is -2.35. The van der Waals surface area contributed by atoms with Crippen LogP contribution in [0.2, 0.25) is 0 Å². The molecule has 1 saturated heterocycles. The number of nitrogens with one attached hydrogen (secondary N) is 1. The van der Waals surface area contributed by atoms with Crippen LogP contribution in [0.15, 0.2) is 30.6 Å². The molecule has 2 aliphatic rings. The average Bonchev–Trinajstić information content (AvgIpc) is 3.35. The van der Waals surface area contributed by atoms with E-state index in [-0.39, 0.29) is 6.04 Å². The van der Waals surface area contributed by atoms with Crippen molar-refractivity contribution in [3.8, 4) is 11.4 Å². The summed E-state index contributed by atoms with van der Waals surface area (Å²) in [6.45, 7) is 4.04. The van der Waals surface area contributed by atoms with E-state index in [9.17, 15) is 8.42 Å². The maximum absolute atomic E-state index is 12.7. The molecule has 0 spiro atoms. The van der Waals surface area contributed by atoms with E-state index in [1.165, 1.54) is 6.26 Å². The molecule has 3 aromatic heterocycles. The molecule has 2 fully saturated rings. The first-order valence-electron chi connectivity index (χ1n) is 9.75. The Morgan fingerprint density at radius 1 is 1.28 bits per heavy atom. The fourth-order valence-electron chi connectivity index (χ4n) is 4.27. The van der Waals surface area contributed by atoms with Gasteiger partial charge in [0.15, 0.2) is 9.84 Å². The number of sulfone groups is 1. The molecule has 29 heavy (non-hydrogen) atoms. The number of aromatic amines is 1. The molecule has 1 saturated carbocycles. The first kappa shape index (κ1) is 18.5. The van der Waals surface area contributed by atoms with Gasteiger partial charge in [0, 0.05) is 30.6 Å². The van der Waals surface area contributed by atoms with Crippen molar-refractivity contribution in [1.82, 2.24) is 20.2 Å². The fourth-order valence-corrected chi connectivity index (χ4v) is 5.68. The molecule has 0 amide bonds. The van der Waals surface area contributed by atoms with Gasteiger partial charge < -0.3 is 9.64 Å². The summed E-state index contributed by atoms with van der Waals surface area (Å²) in [5.41, 5.74) is 2.94. The monoisotopic (exact) mass is 413 g/mol. The molecular formula is C20H23N5O3S. The van der Waals surface area contributed by atoms with Crippen LogP contribution in [0.3, 0.4) is 0 Å². The van der Waals surface area contributed by atoms with Crippen LogP contribution >= 0.6 is 0 Å². The van der Waals surface area contributed by atoms with E-state index in [1.54, 1.807) is 12.4 Å². The van der Waals surface area contributed by atoms with E-state index in [2.05, 4.69) is 27.0 Å². The molecule has 0 bridgehead atoms. The SMILES string of the molecule is C[C@@H]1COCCN1c1cc(C2(S(C)(=O)=O)CC2)c2ccnc(-c3ccn[nH]3)c2n1. The maximum atomic E-state index is 12.7. The zero-order valence-electron chi connectivity index (χ0n) is 16.4. The summed E-state index contributed by atoms with van der Waals surface area (Å²) >= 11 is 0. The molecule has 1 N–H and O–H groups in total. The number of ether oxygens (including phenoxy) is 1. The summed E-state index contributed by atoms with van der Waals surface area (Å²) in [6, 6.07) is 5.84. The van der Waals surface area contributed by atoms with Crippen LogP contribution in [-0.4, -0.2) is 60.6 Å². The molecule has 8 nitrogen and oxygen atoms in total. The quantitative estimate of drug-likeness (QED) is 0.700. The first-order valence-corrected chi connectivity index (χ1v) is 11.6. The Morgan fingerprint density at radius 2 is 2.10 bits per heavy atom. The second-order valence-electron chi connectivity index (χ2n) is 7.94. The van der Waals surface area contributed by atoms with Gasteiger partial charge in [-0.3, -0.25) is 10.1 Å². The van der Waals surface area contributed by atoms with Gasteiger partial charge in [0.1, 0.15) is 17.0 Å². The first-order chi connectivity index (χ1) is 13.9. The summed E-state index contributed by atoms with van der Waals surface area (Å²) in [7, 11) is -3.27. The van der Waals surface area contributed by atoms with Crippen LogP contribution in [0.1, 0.15) is 25.3 Å². The van der Waals surface area contributed by atoms with Crippen molar-refractivity contribution in [2.24, 2.45) is 0 Å². The predicted molar refractivity (Wildman–Crippen MR) is 111 cm³/mol. The van der Waals surface area contributed by atoms with Crippen molar-refractivity contribution in [2.45, 2.75) is 30.6 Å². The highest BCUT2D eigenvalue weighted by Gasteiger charge is 2.54. The van der Waals surface area contributed by atoms with Crippen LogP contribution in [0.25, 0.3) is 22.3 Å². The number of pyridine rings is 2. The van der Waals surface area contributed by atoms with Gasteiger partial charge in [-0.2, -0.15) is 5.10 Å². The summed E-state index contributed by atoms with van der Waals surface area (Å²) in [5.74, 6) is 0.770. The molecule has 1 atom stereocenters. The van der Waals surface area contributed by atoms with Crippen molar-refractivity contribution in [3.63, 3.8) is 0 Å². The molecule has 0 unspecified atom stereocenters. The number of hydrogen-bond donors (Lipinski definition) is 1. The molecule has 9 heteroatoms. The average molecular weight is 414 g/mol.